The number of fused-ring (bicyclic) bond motifs is 4. The SMILES string of the molecule is Nc1ccc(-c2nc3c(-c4ccc(O)cc4)c4oc(-c5ccc(N=Cc6ccc(-c7nc8c(-c9ccc(O)cc9)c9oc(-c%10ccc(S)cc%10)nc9c(-c9ccc(O)cc9)c8o7)cc6)cc5)nc4c(-c4ccc(O)cc4)c3o2)cc1. The Morgan fingerprint density at radius 2 is 0.600 bits per heavy atom. The highest BCUT2D eigenvalue weighted by Gasteiger charge is 2.29. The number of oxazole rings is 4. The van der Waals surface area contributed by atoms with E-state index < -0.39 is 0 Å². The third-order valence-electron chi connectivity index (χ3n) is 13.9. The van der Waals surface area contributed by atoms with Gasteiger partial charge < -0.3 is 43.8 Å². The van der Waals surface area contributed by atoms with Gasteiger partial charge in [-0.1, -0.05) is 60.7 Å². The van der Waals surface area contributed by atoms with Gasteiger partial charge in [0.1, 0.15) is 45.1 Å². The van der Waals surface area contributed by atoms with Gasteiger partial charge in [-0.15, -0.1) is 12.6 Å². The molecule has 14 aromatic rings. The molecular formula is C65H40N6O8S. The molecule has 0 aliphatic rings. The van der Waals surface area contributed by atoms with Gasteiger partial charge in [0.25, 0.3) is 0 Å². The number of phenols is 4. The maximum atomic E-state index is 10.3. The van der Waals surface area contributed by atoms with Gasteiger partial charge >= 0.3 is 0 Å². The molecule has 0 saturated heterocycles. The Bertz CT molecular complexity index is 4200. The lowest BCUT2D eigenvalue weighted by molar-refractivity contribution is 0.475. The lowest BCUT2D eigenvalue weighted by Crippen LogP contribution is -1.88. The Morgan fingerprint density at radius 3 is 0.912 bits per heavy atom. The Morgan fingerprint density at radius 1 is 0.338 bits per heavy atom. The molecular weight excluding hydrogens is 1020 g/mol. The van der Waals surface area contributed by atoms with Gasteiger partial charge in [-0.2, -0.15) is 0 Å². The van der Waals surface area contributed by atoms with E-state index >= 15 is 0 Å². The van der Waals surface area contributed by atoms with Crippen molar-refractivity contribution >= 4 is 74.6 Å². The fourth-order valence-corrected chi connectivity index (χ4v) is 10.1. The molecule has 0 fully saturated rings. The molecule has 384 valence electrons. The summed E-state index contributed by atoms with van der Waals surface area (Å²) in [6.45, 7) is 0. The van der Waals surface area contributed by atoms with Crippen molar-refractivity contribution in [3.63, 3.8) is 0 Å². The highest BCUT2D eigenvalue weighted by molar-refractivity contribution is 7.80. The second-order valence-corrected chi connectivity index (χ2v) is 19.6. The Labute approximate surface area is 459 Å². The smallest absolute Gasteiger partial charge is 0.227 e. The van der Waals surface area contributed by atoms with E-state index in [1.807, 2.05) is 84.9 Å². The summed E-state index contributed by atoms with van der Waals surface area (Å²) in [6.07, 6.45) is 1.77. The lowest BCUT2D eigenvalue weighted by atomic mass is 9.96. The summed E-state index contributed by atoms with van der Waals surface area (Å²) < 4.78 is 26.7. The minimum atomic E-state index is 0.105. The third kappa shape index (κ3) is 8.47. The van der Waals surface area contributed by atoms with Crippen LogP contribution in [0.1, 0.15) is 5.56 Å². The van der Waals surface area contributed by atoms with Crippen molar-refractivity contribution < 1.29 is 38.1 Å². The molecule has 0 saturated carbocycles. The Balaban J connectivity index is 0.810. The number of aromatic nitrogens is 4. The van der Waals surface area contributed by atoms with Gasteiger partial charge in [0.15, 0.2) is 22.3 Å². The van der Waals surface area contributed by atoms with Crippen LogP contribution in [0.5, 0.6) is 23.0 Å². The highest BCUT2D eigenvalue weighted by Crippen LogP contribution is 2.49. The summed E-state index contributed by atoms with van der Waals surface area (Å²) in [5, 5.41) is 41.2. The maximum absolute atomic E-state index is 10.3. The first kappa shape index (κ1) is 47.5. The molecule has 0 radical (unpaired) electrons. The van der Waals surface area contributed by atoms with Crippen molar-refractivity contribution in [3.8, 4) is 113 Å². The largest absolute Gasteiger partial charge is 0.508 e. The molecule has 0 amide bonds. The van der Waals surface area contributed by atoms with Crippen LogP contribution in [0.25, 0.3) is 135 Å². The molecule has 6 N–H and O–H groups in total. The standard InChI is InChI=1S/C65H40N6O8S/c66-43-19-5-40(6-20-43)63-69-55-51(36-11-25-46(73)26-12-36)60-56(52(59(55)77-63)37-13-27-47(74)28-14-37)70-64(78-60)41-7-21-44(22-8-41)67-33-34-1-3-39(4-2-34)62-68-54-50(35-9-23-45(72)24-10-35)61-57(71-65(79-61)42-17-31-49(80)32-18-42)53(58(54)76-62)38-15-29-48(75)30-16-38/h1-33,72-75,80H,66H2. The molecule has 10 aromatic carbocycles. The van der Waals surface area contributed by atoms with E-state index in [0.29, 0.717) is 113 Å². The van der Waals surface area contributed by atoms with Gasteiger partial charge in [-0.3, -0.25) is 4.99 Å². The number of nitrogens with two attached hydrogens (primary N) is 1. The van der Waals surface area contributed by atoms with Crippen LogP contribution in [0.2, 0.25) is 0 Å². The topological polar surface area (TPSA) is 223 Å². The van der Waals surface area contributed by atoms with Crippen molar-refractivity contribution in [2.75, 3.05) is 5.73 Å². The number of hydrogen-bond acceptors (Lipinski definition) is 15. The number of hydrogen-bond donors (Lipinski definition) is 6. The molecule has 0 aliphatic carbocycles. The zero-order valence-corrected chi connectivity index (χ0v) is 42.6. The van der Waals surface area contributed by atoms with E-state index in [9.17, 15) is 20.4 Å². The molecule has 0 bridgehead atoms. The Kier molecular flexibility index (Phi) is 11.3. The van der Waals surface area contributed by atoms with Crippen LogP contribution in [0.15, 0.2) is 222 Å². The quantitative estimate of drug-likeness (QED) is 0.0427. The van der Waals surface area contributed by atoms with Crippen molar-refractivity contribution in [3.05, 3.63) is 200 Å². The normalized spacial score (nSPS) is 11.8. The maximum Gasteiger partial charge on any atom is 0.227 e. The first-order valence-corrected chi connectivity index (χ1v) is 25.6. The number of thiol groups is 1. The number of aromatic hydroxyl groups is 4. The van der Waals surface area contributed by atoms with E-state index in [2.05, 4.69) is 12.6 Å². The van der Waals surface area contributed by atoms with Gasteiger partial charge in [0.05, 0.1) is 27.9 Å². The van der Waals surface area contributed by atoms with E-state index in [4.69, 9.17) is 48.3 Å². The van der Waals surface area contributed by atoms with E-state index in [1.165, 1.54) is 0 Å². The van der Waals surface area contributed by atoms with Crippen LogP contribution >= 0.6 is 12.6 Å². The summed E-state index contributed by atoms with van der Waals surface area (Å²) in [6, 6.07) is 57.2. The van der Waals surface area contributed by atoms with Gasteiger partial charge in [0.2, 0.25) is 23.6 Å². The van der Waals surface area contributed by atoms with Gasteiger partial charge in [-0.05, 0) is 161 Å². The monoisotopic (exact) mass is 1060 g/mol. The van der Waals surface area contributed by atoms with Crippen LogP contribution < -0.4 is 5.73 Å². The molecule has 15 heteroatoms. The average Bonchev–Trinajstić information content (AvgIpc) is 4.48. The number of aliphatic imine (C=N–C) groups is 1. The number of nitrogens with zero attached hydrogens (tertiary/aromatic N) is 5. The first-order chi connectivity index (χ1) is 39.0. The molecule has 4 heterocycles. The molecule has 4 aromatic heterocycles. The van der Waals surface area contributed by atoms with Crippen LogP contribution in [0.4, 0.5) is 11.4 Å². The summed E-state index contributed by atoms with van der Waals surface area (Å²) in [5.41, 5.74) is 20.4. The summed E-state index contributed by atoms with van der Waals surface area (Å²) in [7, 11) is 0. The highest BCUT2D eigenvalue weighted by atomic mass is 32.1. The molecule has 14 rings (SSSR count). The van der Waals surface area contributed by atoms with Crippen LogP contribution in [-0.4, -0.2) is 46.6 Å². The van der Waals surface area contributed by atoms with Crippen LogP contribution in [0.3, 0.4) is 0 Å². The zero-order valence-electron chi connectivity index (χ0n) is 41.7. The molecule has 0 spiro atoms. The summed E-state index contributed by atoms with van der Waals surface area (Å²) >= 11 is 4.47. The predicted octanol–water partition coefficient (Wildman–Crippen LogP) is 16.0. The molecule has 0 unspecified atom stereocenters. The third-order valence-corrected chi connectivity index (χ3v) is 14.2. The minimum Gasteiger partial charge on any atom is -0.508 e. The lowest BCUT2D eigenvalue weighted by Gasteiger charge is -2.08. The fraction of sp³-hybridized carbons (Fsp3) is 0. The molecule has 14 nitrogen and oxygen atoms in total. The summed E-state index contributed by atoms with van der Waals surface area (Å²) in [5.74, 6) is 1.88. The van der Waals surface area contributed by atoms with Crippen molar-refractivity contribution in [1.82, 2.24) is 19.9 Å². The van der Waals surface area contributed by atoms with Gasteiger partial charge in [-0.25, -0.2) is 19.9 Å². The minimum absolute atomic E-state index is 0.105. The second kappa shape index (κ2) is 19.0. The van der Waals surface area contributed by atoms with Gasteiger partial charge in [0, 0.05) is 39.1 Å². The zero-order chi connectivity index (χ0) is 54.2. The van der Waals surface area contributed by atoms with E-state index in [0.717, 1.165) is 43.8 Å². The molecule has 80 heavy (non-hydrogen) atoms. The van der Waals surface area contributed by atoms with E-state index in [1.54, 1.807) is 115 Å². The van der Waals surface area contributed by atoms with Crippen molar-refractivity contribution in [2.45, 2.75) is 4.90 Å². The number of rotatable bonds is 10. The fourth-order valence-electron chi connectivity index (χ4n) is 9.92. The van der Waals surface area contributed by atoms with Crippen molar-refractivity contribution in [2.24, 2.45) is 4.99 Å². The number of phenolic OH excluding ortho intramolecular Hbond substituents is 4. The first-order valence-electron chi connectivity index (χ1n) is 25.2. The van der Waals surface area contributed by atoms with E-state index in [-0.39, 0.29) is 23.0 Å². The molecule has 0 atom stereocenters. The van der Waals surface area contributed by atoms with Crippen LogP contribution in [0, 0.1) is 0 Å². The number of nitrogen functional groups attached to an aromatic ring is 1. The predicted molar refractivity (Wildman–Crippen MR) is 312 cm³/mol. The van der Waals surface area contributed by atoms with Crippen LogP contribution in [-0.2, 0) is 0 Å². The number of benzene rings is 10. The Hall–Kier alpha value is -10.9. The summed E-state index contributed by atoms with van der Waals surface area (Å²) in [4.78, 5) is 25.9. The second-order valence-electron chi connectivity index (χ2n) is 19.1. The number of anilines is 1. The van der Waals surface area contributed by atoms with Crippen molar-refractivity contribution in [1.29, 1.82) is 0 Å². The average molecular weight is 1070 g/mol. The molecule has 0 aliphatic heterocycles.